The number of nitrogens with zero attached hydrogens (tertiary/aromatic N) is 4. The van der Waals surface area contributed by atoms with Crippen LogP contribution in [-0.4, -0.2) is 52.4 Å². The number of hydrogen-bond donors (Lipinski definition) is 3. The van der Waals surface area contributed by atoms with E-state index in [1.165, 1.54) is 12.1 Å². The van der Waals surface area contributed by atoms with Crippen molar-refractivity contribution in [1.82, 2.24) is 25.5 Å². The third-order valence-corrected chi connectivity index (χ3v) is 9.67. The molecule has 0 saturated heterocycles. The summed E-state index contributed by atoms with van der Waals surface area (Å²) >= 11 is 6.12. The topological polar surface area (TPSA) is 148 Å². The van der Waals surface area contributed by atoms with Crippen molar-refractivity contribution in [2.24, 2.45) is 0 Å². The van der Waals surface area contributed by atoms with E-state index >= 15 is 0 Å². The minimum absolute atomic E-state index is 0.0283. The molecule has 13 heteroatoms. The zero-order valence-corrected chi connectivity index (χ0v) is 28.3. The molecule has 3 N–H and O–H groups in total. The Labute approximate surface area is 275 Å². The standard InChI is InChI=1S/C33H40ClN7O4S/c1-6-20-16-22(30-21(7-2)18-28(39-40-30)41-46(43,44)27-11-9-8-10-26(27)34)17-23-19-35-31(38-29(20)23)36-24-12-14-25(15-13-24)37-32(42)45-33(3,4)5/h8-11,16-19,24-25H,6-7,12-15H2,1-5H3,(H,37,42)(H,39,41)(H,35,36,38)/t24-,25-. The first-order chi connectivity index (χ1) is 21.8. The van der Waals surface area contributed by atoms with E-state index in [-0.39, 0.29) is 33.9 Å². The summed E-state index contributed by atoms with van der Waals surface area (Å²) in [5, 5.41) is 16.1. The first kappa shape index (κ1) is 33.3. The molecule has 2 aromatic heterocycles. The van der Waals surface area contributed by atoms with Gasteiger partial charge >= 0.3 is 6.09 Å². The maximum atomic E-state index is 13.0. The van der Waals surface area contributed by atoms with E-state index in [2.05, 4.69) is 43.5 Å². The number of halogens is 1. The summed E-state index contributed by atoms with van der Waals surface area (Å²) in [7, 11) is -3.94. The molecule has 1 fully saturated rings. The number of carbonyl (C=O) groups excluding carboxylic acids is 1. The number of aromatic nitrogens is 4. The number of benzene rings is 2. The van der Waals surface area contributed by atoms with Gasteiger partial charge in [-0.05, 0) is 101 Å². The SMILES string of the molecule is CCc1cc(NS(=O)(=O)c2ccccc2Cl)nnc1-c1cc(CC)c2nc(N[C@H]3CC[C@H](NC(=O)OC(C)(C)C)CC3)ncc2c1. The fraction of sp³-hybridized carbons (Fsp3) is 0.424. The lowest BCUT2D eigenvalue weighted by atomic mass is 9.91. The highest BCUT2D eigenvalue weighted by molar-refractivity contribution is 7.92. The van der Waals surface area contributed by atoms with Crippen LogP contribution in [0.3, 0.4) is 0 Å². The summed E-state index contributed by atoms with van der Waals surface area (Å²) in [6, 6.07) is 12.3. The van der Waals surface area contributed by atoms with Gasteiger partial charge in [-0.15, -0.1) is 10.2 Å². The van der Waals surface area contributed by atoms with Gasteiger partial charge in [0.25, 0.3) is 10.0 Å². The number of ether oxygens (including phenoxy) is 1. The van der Waals surface area contributed by atoms with Crippen molar-refractivity contribution in [3.8, 4) is 11.3 Å². The van der Waals surface area contributed by atoms with Crippen LogP contribution in [0.1, 0.15) is 71.4 Å². The molecule has 5 rings (SSSR count). The molecule has 0 aliphatic heterocycles. The number of aryl methyl sites for hydroxylation is 2. The van der Waals surface area contributed by atoms with Gasteiger partial charge in [-0.3, -0.25) is 4.72 Å². The second kappa shape index (κ2) is 13.8. The smallest absolute Gasteiger partial charge is 0.407 e. The molecule has 1 aliphatic carbocycles. The lowest BCUT2D eigenvalue weighted by Crippen LogP contribution is -2.42. The van der Waals surface area contributed by atoms with E-state index in [0.29, 0.717) is 18.1 Å². The van der Waals surface area contributed by atoms with Crippen LogP contribution in [-0.2, 0) is 27.6 Å². The summed E-state index contributed by atoms with van der Waals surface area (Å²) in [4.78, 5) is 21.6. The van der Waals surface area contributed by atoms with Gasteiger partial charge in [0.05, 0.1) is 16.2 Å². The van der Waals surface area contributed by atoms with Crippen LogP contribution >= 0.6 is 11.6 Å². The summed E-state index contributed by atoms with van der Waals surface area (Å²) in [5.74, 6) is 0.688. The third kappa shape index (κ3) is 8.03. The molecule has 46 heavy (non-hydrogen) atoms. The van der Waals surface area contributed by atoms with Crippen LogP contribution in [0, 0.1) is 0 Å². The average molecular weight is 666 g/mol. The van der Waals surface area contributed by atoms with E-state index in [9.17, 15) is 13.2 Å². The van der Waals surface area contributed by atoms with Gasteiger partial charge in [0.2, 0.25) is 5.95 Å². The number of amides is 1. The van der Waals surface area contributed by atoms with Gasteiger partial charge in [0.15, 0.2) is 5.82 Å². The Hall–Kier alpha value is -4.03. The molecule has 2 heterocycles. The number of sulfonamides is 1. The number of nitrogens with one attached hydrogen (secondary N) is 3. The Kier molecular flexibility index (Phi) is 9.97. The quantitative estimate of drug-likeness (QED) is 0.173. The van der Waals surface area contributed by atoms with Crippen LogP contribution in [0.5, 0.6) is 0 Å². The van der Waals surface area contributed by atoms with Crippen LogP contribution < -0.4 is 15.4 Å². The Morgan fingerprint density at radius 1 is 0.978 bits per heavy atom. The molecule has 0 unspecified atom stereocenters. The lowest BCUT2D eigenvalue weighted by molar-refractivity contribution is 0.0492. The predicted octanol–water partition coefficient (Wildman–Crippen LogP) is 6.91. The van der Waals surface area contributed by atoms with E-state index in [1.807, 2.05) is 40.0 Å². The fourth-order valence-corrected chi connectivity index (χ4v) is 7.09. The van der Waals surface area contributed by atoms with Gasteiger partial charge in [-0.2, -0.15) is 0 Å². The predicted molar refractivity (Wildman–Crippen MR) is 181 cm³/mol. The molecule has 244 valence electrons. The maximum absolute atomic E-state index is 13.0. The summed E-state index contributed by atoms with van der Waals surface area (Å²) in [5.41, 5.74) is 3.73. The lowest BCUT2D eigenvalue weighted by Gasteiger charge is -2.30. The highest BCUT2D eigenvalue weighted by Gasteiger charge is 2.25. The number of hydrogen-bond acceptors (Lipinski definition) is 9. The molecule has 2 aromatic carbocycles. The number of alkyl carbamates (subject to hydrolysis) is 1. The highest BCUT2D eigenvalue weighted by atomic mass is 35.5. The van der Waals surface area contributed by atoms with Crippen LogP contribution in [0.4, 0.5) is 16.6 Å². The number of anilines is 2. The highest BCUT2D eigenvalue weighted by Crippen LogP contribution is 2.31. The van der Waals surface area contributed by atoms with E-state index in [0.717, 1.165) is 59.7 Å². The second-order valence-corrected chi connectivity index (χ2v) is 14.5. The monoisotopic (exact) mass is 665 g/mol. The molecule has 4 aromatic rings. The Bertz CT molecular complexity index is 1840. The van der Waals surface area contributed by atoms with Gasteiger partial charge in [-0.25, -0.2) is 23.2 Å². The maximum Gasteiger partial charge on any atom is 0.407 e. The summed E-state index contributed by atoms with van der Waals surface area (Å²) < 4.78 is 33.8. The van der Waals surface area contributed by atoms with E-state index in [4.69, 9.17) is 21.3 Å². The van der Waals surface area contributed by atoms with E-state index in [1.54, 1.807) is 18.2 Å². The van der Waals surface area contributed by atoms with Gasteiger partial charge in [0, 0.05) is 29.2 Å². The molecule has 11 nitrogen and oxygen atoms in total. The molecule has 0 bridgehead atoms. The minimum atomic E-state index is -3.94. The third-order valence-electron chi connectivity index (χ3n) is 7.82. The summed E-state index contributed by atoms with van der Waals surface area (Å²) in [6.07, 6.45) is 6.24. The second-order valence-electron chi connectivity index (χ2n) is 12.5. The van der Waals surface area contributed by atoms with Crippen molar-refractivity contribution in [3.05, 3.63) is 64.8 Å². The van der Waals surface area contributed by atoms with Gasteiger partial charge < -0.3 is 15.4 Å². The minimum Gasteiger partial charge on any atom is -0.444 e. The Morgan fingerprint density at radius 2 is 1.67 bits per heavy atom. The Morgan fingerprint density at radius 3 is 2.35 bits per heavy atom. The number of carbonyl (C=O) groups is 1. The molecule has 0 spiro atoms. The van der Waals surface area contributed by atoms with Crippen molar-refractivity contribution < 1.29 is 17.9 Å². The molecular weight excluding hydrogens is 626 g/mol. The first-order valence-corrected chi connectivity index (χ1v) is 17.4. The van der Waals surface area contributed by atoms with Crippen molar-refractivity contribution in [3.63, 3.8) is 0 Å². The molecule has 0 radical (unpaired) electrons. The van der Waals surface area contributed by atoms with Crippen LogP contribution in [0.2, 0.25) is 5.02 Å². The number of rotatable bonds is 9. The number of fused-ring (bicyclic) bond motifs is 1. The normalized spacial score (nSPS) is 17.0. The summed E-state index contributed by atoms with van der Waals surface area (Å²) in [6.45, 7) is 9.63. The van der Waals surface area contributed by atoms with Crippen molar-refractivity contribution in [2.75, 3.05) is 10.0 Å². The zero-order valence-electron chi connectivity index (χ0n) is 26.7. The first-order valence-electron chi connectivity index (χ1n) is 15.5. The zero-order chi connectivity index (χ0) is 33.1. The van der Waals surface area contributed by atoms with E-state index < -0.39 is 15.6 Å². The van der Waals surface area contributed by atoms with Gasteiger partial charge in [-0.1, -0.05) is 37.6 Å². The van der Waals surface area contributed by atoms with Crippen molar-refractivity contribution in [2.45, 2.75) is 95.7 Å². The molecule has 1 saturated carbocycles. The average Bonchev–Trinajstić information content (AvgIpc) is 3.00. The molecule has 1 aliphatic rings. The van der Waals surface area contributed by atoms with Gasteiger partial charge in [0.1, 0.15) is 10.5 Å². The molecule has 0 atom stereocenters. The Balaban J connectivity index is 1.31. The van der Waals surface area contributed by atoms with Crippen molar-refractivity contribution >= 4 is 50.4 Å². The fourth-order valence-electron chi connectivity index (χ4n) is 5.58. The van der Waals surface area contributed by atoms with Crippen LogP contribution in [0.15, 0.2) is 53.6 Å². The van der Waals surface area contributed by atoms with Crippen LogP contribution in [0.25, 0.3) is 22.2 Å². The molecule has 1 amide bonds. The molecular formula is C33H40ClN7O4S. The van der Waals surface area contributed by atoms with Crippen molar-refractivity contribution in [1.29, 1.82) is 0 Å². The largest absolute Gasteiger partial charge is 0.444 e.